The molecular formula is C13H22BrNO. The summed E-state index contributed by atoms with van der Waals surface area (Å²) in [6.45, 7) is 5.56. The van der Waals surface area contributed by atoms with Crippen LogP contribution in [-0.4, -0.2) is 28.2 Å². The van der Waals surface area contributed by atoms with Crippen molar-refractivity contribution in [2.75, 3.05) is 6.54 Å². The van der Waals surface area contributed by atoms with E-state index in [2.05, 4.69) is 34.7 Å². The van der Waals surface area contributed by atoms with Crippen LogP contribution in [0.5, 0.6) is 0 Å². The van der Waals surface area contributed by atoms with Crippen molar-refractivity contribution in [3.8, 4) is 0 Å². The summed E-state index contributed by atoms with van der Waals surface area (Å²) in [6, 6.07) is 0.517. The Labute approximate surface area is 107 Å². The number of carbonyl (C=O) groups excluding carboxylic acids is 1. The van der Waals surface area contributed by atoms with Gasteiger partial charge in [-0.2, -0.15) is 0 Å². The smallest absolute Gasteiger partial charge is 0.236 e. The highest BCUT2D eigenvalue weighted by molar-refractivity contribution is 9.10. The first kappa shape index (κ1) is 12.4. The van der Waals surface area contributed by atoms with Crippen molar-refractivity contribution in [1.82, 2.24) is 4.90 Å². The maximum Gasteiger partial charge on any atom is 0.236 e. The van der Waals surface area contributed by atoms with Gasteiger partial charge in [0.1, 0.15) is 0 Å². The Bertz CT molecular complexity index is 267. The Hall–Kier alpha value is -0.0500. The van der Waals surface area contributed by atoms with Crippen LogP contribution in [0.4, 0.5) is 0 Å². The molecule has 1 saturated carbocycles. The summed E-state index contributed by atoms with van der Waals surface area (Å²) in [5, 5.41) is 0. The van der Waals surface area contributed by atoms with Gasteiger partial charge in [-0.3, -0.25) is 4.79 Å². The molecule has 0 radical (unpaired) electrons. The van der Waals surface area contributed by atoms with Gasteiger partial charge in [0, 0.05) is 12.6 Å². The Morgan fingerprint density at radius 2 is 1.94 bits per heavy atom. The summed E-state index contributed by atoms with van der Waals surface area (Å²) >= 11 is 3.48. The summed E-state index contributed by atoms with van der Waals surface area (Å²) < 4.78 is 0. The zero-order valence-electron chi connectivity index (χ0n) is 10.3. The van der Waals surface area contributed by atoms with E-state index < -0.39 is 0 Å². The fourth-order valence-electron chi connectivity index (χ4n) is 3.30. The van der Waals surface area contributed by atoms with E-state index in [1.807, 2.05) is 0 Å². The van der Waals surface area contributed by atoms with Crippen LogP contribution in [0, 0.1) is 11.8 Å². The zero-order valence-corrected chi connectivity index (χ0v) is 11.9. The van der Waals surface area contributed by atoms with E-state index >= 15 is 0 Å². The van der Waals surface area contributed by atoms with Crippen LogP contribution >= 0.6 is 15.9 Å². The highest BCUT2D eigenvalue weighted by atomic mass is 79.9. The van der Waals surface area contributed by atoms with Gasteiger partial charge in [0.05, 0.1) is 4.83 Å². The van der Waals surface area contributed by atoms with Crippen molar-refractivity contribution in [2.24, 2.45) is 11.8 Å². The molecule has 0 aromatic heterocycles. The molecule has 92 valence electrons. The molecule has 2 aliphatic rings. The van der Waals surface area contributed by atoms with E-state index in [0.717, 1.165) is 18.9 Å². The largest absolute Gasteiger partial charge is 0.338 e. The van der Waals surface area contributed by atoms with Crippen LogP contribution in [-0.2, 0) is 4.79 Å². The van der Waals surface area contributed by atoms with Gasteiger partial charge < -0.3 is 4.90 Å². The van der Waals surface area contributed by atoms with Gasteiger partial charge in [0.15, 0.2) is 0 Å². The lowest BCUT2D eigenvalue weighted by molar-refractivity contribution is -0.131. The molecule has 1 heterocycles. The molecule has 0 spiro atoms. The van der Waals surface area contributed by atoms with Crippen LogP contribution in [0.15, 0.2) is 0 Å². The van der Waals surface area contributed by atoms with E-state index in [0.29, 0.717) is 17.9 Å². The lowest BCUT2D eigenvalue weighted by Gasteiger charge is -2.40. The molecule has 3 heteroatoms. The number of carbonyl (C=O) groups is 1. The number of halogens is 1. The second kappa shape index (κ2) is 5.07. The van der Waals surface area contributed by atoms with Crippen molar-refractivity contribution in [2.45, 2.75) is 56.8 Å². The predicted molar refractivity (Wildman–Crippen MR) is 69.6 cm³/mol. The molecule has 2 rings (SSSR count). The van der Waals surface area contributed by atoms with E-state index in [9.17, 15) is 4.79 Å². The monoisotopic (exact) mass is 287 g/mol. The van der Waals surface area contributed by atoms with Crippen molar-refractivity contribution >= 4 is 21.8 Å². The van der Waals surface area contributed by atoms with E-state index in [1.165, 1.54) is 25.7 Å². The number of amides is 1. The summed E-state index contributed by atoms with van der Waals surface area (Å²) in [7, 11) is 0. The molecule has 1 aliphatic heterocycles. The first-order chi connectivity index (χ1) is 7.61. The average Bonchev–Trinajstić information content (AvgIpc) is 2.60. The molecule has 2 fully saturated rings. The molecule has 0 aromatic rings. The number of hydrogen-bond acceptors (Lipinski definition) is 1. The van der Waals surface area contributed by atoms with E-state index in [-0.39, 0.29) is 4.83 Å². The Balaban J connectivity index is 2.08. The minimum Gasteiger partial charge on any atom is -0.338 e. The quantitative estimate of drug-likeness (QED) is 0.715. The van der Waals surface area contributed by atoms with E-state index in [4.69, 9.17) is 0 Å². The Morgan fingerprint density at radius 3 is 2.50 bits per heavy atom. The summed E-state index contributed by atoms with van der Waals surface area (Å²) in [5.41, 5.74) is 0. The molecule has 16 heavy (non-hydrogen) atoms. The first-order valence-corrected chi connectivity index (χ1v) is 7.47. The third kappa shape index (κ3) is 2.29. The SMILES string of the molecule is CC(C)C1CCCCC1N1CCC(Br)C1=O. The Morgan fingerprint density at radius 1 is 1.25 bits per heavy atom. The molecule has 1 amide bonds. The molecule has 2 nitrogen and oxygen atoms in total. The summed E-state index contributed by atoms with van der Waals surface area (Å²) in [6.07, 6.45) is 6.15. The van der Waals surface area contributed by atoms with Gasteiger partial charge in [-0.25, -0.2) is 0 Å². The second-order valence-corrected chi connectivity index (χ2v) is 6.65. The number of alkyl halides is 1. The lowest BCUT2D eigenvalue weighted by Crippen LogP contribution is -2.45. The summed E-state index contributed by atoms with van der Waals surface area (Å²) in [5.74, 6) is 1.75. The van der Waals surface area contributed by atoms with Crippen LogP contribution in [0.25, 0.3) is 0 Å². The second-order valence-electron chi connectivity index (χ2n) is 5.55. The molecule has 0 bridgehead atoms. The van der Waals surface area contributed by atoms with Gasteiger partial charge in [0.2, 0.25) is 5.91 Å². The third-order valence-electron chi connectivity index (χ3n) is 4.21. The van der Waals surface area contributed by atoms with Crippen LogP contribution in [0.1, 0.15) is 46.0 Å². The molecule has 1 saturated heterocycles. The third-order valence-corrected chi connectivity index (χ3v) is 5.06. The molecule has 0 aromatic carbocycles. The van der Waals surface area contributed by atoms with Crippen molar-refractivity contribution in [3.63, 3.8) is 0 Å². The van der Waals surface area contributed by atoms with E-state index in [1.54, 1.807) is 0 Å². The highest BCUT2D eigenvalue weighted by Gasteiger charge is 2.39. The van der Waals surface area contributed by atoms with Gasteiger partial charge in [-0.05, 0) is 31.1 Å². The predicted octanol–water partition coefficient (Wildman–Crippen LogP) is 3.20. The zero-order chi connectivity index (χ0) is 11.7. The maximum absolute atomic E-state index is 12.1. The van der Waals surface area contributed by atoms with Crippen LogP contribution in [0.2, 0.25) is 0 Å². The fraction of sp³-hybridized carbons (Fsp3) is 0.923. The normalized spacial score (nSPS) is 36.1. The van der Waals surface area contributed by atoms with Crippen molar-refractivity contribution in [1.29, 1.82) is 0 Å². The number of rotatable bonds is 2. The minimum atomic E-state index is 0.0854. The fourth-order valence-corrected chi connectivity index (χ4v) is 3.77. The standard InChI is InChI=1S/C13H22BrNO/c1-9(2)10-5-3-4-6-12(10)15-8-7-11(14)13(15)16/h9-12H,3-8H2,1-2H3. The van der Waals surface area contributed by atoms with Gasteiger partial charge in [-0.1, -0.05) is 42.6 Å². The Kier molecular flexibility index (Phi) is 3.93. The highest BCUT2D eigenvalue weighted by Crippen LogP contribution is 2.36. The van der Waals surface area contributed by atoms with Crippen molar-refractivity contribution < 1.29 is 4.79 Å². The molecular weight excluding hydrogens is 266 g/mol. The average molecular weight is 288 g/mol. The molecule has 3 unspecified atom stereocenters. The molecule has 1 aliphatic carbocycles. The molecule has 0 N–H and O–H groups in total. The first-order valence-electron chi connectivity index (χ1n) is 6.56. The number of likely N-dealkylation sites (tertiary alicyclic amines) is 1. The topological polar surface area (TPSA) is 20.3 Å². The number of nitrogens with zero attached hydrogens (tertiary/aromatic N) is 1. The summed E-state index contributed by atoms with van der Waals surface area (Å²) in [4.78, 5) is 14.3. The van der Waals surface area contributed by atoms with Crippen LogP contribution in [0.3, 0.4) is 0 Å². The number of hydrogen-bond donors (Lipinski definition) is 0. The molecule has 3 atom stereocenters. The van der Waals surface area contributed by atoms with Gasteiger partial charge >= 0.3 is 0 Å². The van der Waals surface area contributed by atoms with Gasteiger partial charge in [-0.15, -0.1) is 0 Å². The van der Waals surface area contributed by atoms with Gasteiger partial charge in [0.25, 0.3) is 0 Å². The maximum atomic E-state index is 12.1. The van der Waals surface area contributed by atoms with Crippen LogP contribution < -0.4 is 0 Å². The lowest BCUT2D eigenvalue weighted by atomic mass is 9.77. The minimum absolute atomic E-state index is 0.0854. The van der Waals surface area contributed by atoms with Crippen molar-refractivity contribution in [3.05, 3.63) is 0 Å².